The average Bonchev–Trinajstić information content (AvgIpc) is 0.803. The Labute approximate surface area is 821 Å². The van der Waals surface area contributed by atoms with Crippen LogP contribution in [0.25, 0.3) is 76.8 Å². The van der Waals surface area contributed by atoms with Crippen LogP contribution in [-0.2, 0) is 80.1 Å². The number of carbonyl (C=O) groups is 3. The van der Waals surface area contributed by atoms with Crippen molar-refractivity contribution in [1.29, 1.82) is 0 Å². The first-order valence-corrected chi connectivity index (χ1v) is 44.7. The molecule has 12 nitrogen and oxygen atoms in total. The number of hydrogen-bond acceptors (Lipinski definition) is 12. The summed E-state index contributed by atoms with van der Waals surface area (Å²) in [6, 6.07) is 88.8. The number of carbonyl (C=O) groups excluding carboxylic acids is 3. The largest absolute Gasteiger partial charge is 0.512 e. The number of pyridine rings is 3. The maximum absolute atomic E-state index is 11.8. The number of aliphatic hydroxyl groups excluding tert-OH is 3. The summed E-state index contributed by atoms with van der Waals surface area (Å²) in [6.07, 6.45) is 14.5. The van der Waals surface area contributed by atoms with E-state index in [-0.39, 0.29) is 133 Å². The number of ether oxygens (including phenoxy) is 3. The molecule has 0 saturated heterocycles. The summed E-state index contributed by atoms with van der Waals surface area (Å²) in [5.74, 6) is 4.38. The van der Waals surface area contributed by atoms with Crippen molar-refractivity contribution in [3.8, 4) is 79.4 Å². The van der Waals surface area contributed by atoms with Gasteiger partial charge in [-0.1, -0.05) is 331 Å². The summed E-state index contributed by atoms with van der Waals surface area (Å²) in [4.78, 5) is 48.9. The smallest absolute Gasteiger partial charge is 0.217 e. The van der Waals surface area contributed by atoms with E-state index in [1.807, 2.05) is 238 Å². The number of nitrogens with zero attached hydrogens (tertiary/aromatic N) is 3. The molecule has 3 heterocycles. The van der Waals surface area contributed by atoms with Crippen LogP contribution in [0.3, 0.4) is 0 Å². The Bertz CT molecular complexity index is 5860. The van der Waals surface area contributed by atoms with Crippen molar-refractivity contribution in [3.05, 3.63) is 331 Å². The number of aryl methyl sites for hydroxylation is 4. The molecule has 697 valence electrons. The molecular formula is C116H134Ir3N3O9-3. The van der Waals surface area contributed by atoms with Gasteiger partial charge in [-0.3, -0.25) is 14.4 Å². The first-order valence-electron chi connectivity index (χ1n) is 44.7. The van der Waals surface area contributed by atoms with Crippen LogP contribution >= 0.6 is 0 Å². The molecule has 0 fully saturated rings. The van der Waals surface area contributed by atoms with E-state index in [4.69, 9.17) is 14.2 Å². The Morgan fingerprint density at radius 3 is 0.824 bits per heavy atom. The van der Waals surface area contributed by atoms with Gasteiger partial charge in [0.25, 0.3) is 0 Å². The van der Waals surface area contributed by atoms with Crippen LogP contribution in [0.5, 0.6) is 34.9 Å². The average molecular weight is 2290 g/mol. The Kier molecular flexibility index (Phi) is 42.1. The maximum atomic E-state index is 11.8. The molecule has 13 rings (SSSR count). The van der Waals surface area contributed by atoms with E-state index in [1.165, 1.54) is 57.2 Å². The van der Waals surface area contributed by atoms with E-state index < -0.39 is 0 Å². The fourth-order valence-corrected chi connectivity index (χ4v) is 12.5. The number of aliphatic hydroxyl groups is 3. The van der Waals surface area contributed by atoms with Gasteiger partial charge in [-0.25, -0.2) is 15.0 Å². The summed E-state index contributed by atoms with van der Waals surface area (Å²) in [6.45, 7) is 49.7. The summed E-state index contributed by atoms with van der Waals surface area (Å²) < 4.78 is 18.1. The minimum absolute atomic E-state index is 0. The summed E-state index contributed by atoms with van der Waals surface area (Å²) >= 11 is 0. The zero-order chi connectivity index (χ0) is 94.1. The topological polar surface area (TPSA) is 178 Å². The quantitative estimate of drug-likeness (QED) is 0.0281. The van der Waals surface area contributed by atoms with Crippen LogP contribution in [0, 0.1) is 78.4 Å². The number of ketones is 3. The van der Waals surface area contributed by atoms with E-state index in [2.05, 4.69) is 218 Å². The molecule has 0 aliphatic rings. The van der Waals surface area contributed by atoms with Crippen molar-refractivity contribution >= 4 is 49.7 Å². The van der Waals surface area contributed by atoms with Crippen molar-refractivity contribution in [1.82, 2.24) is 15.0 Å². The van der Waals surface area contributed by atoms with Gasteiger partial charge in [-0.15, -0.1) is 47.5 Å². The zero-order valence-electron chi connectivity index (χ0n) is 81.3. The van der Waals surface area contributed by atoms with Crippen molar-refractivity contribution in [2.75, 3.05) is 0 Å². The predicted molar refractivity (Wildman–Crippen MR) is 532 cm³/mol. The SMILES string of the molecule is CCC(C)(C)C(=O)C=C(O)C(C)(C)CC.CCC(C)(C)C(=O)C=C(O)C(C)(C)CC.CCC(C)(C)C(=O)C=C(O)C(C)(C)CC.Cc1[c-]c(Oc2cc3cc(-c4ccccc4)ccc3cn2)cc(-c2ccccc2)c1.Cc1[c-]c(Oc2cc3cc(-c4ccccc4)ccc3cn2)cc(C(C)(C)C)c1.Cc1[c-]c(Oc2cc3cc(-c4ccccc4)ccc3cn2)cc(C)c1.[Ir].[Ir].[Ir]. The third-order valence-electron chi connectivity index (χ3n) is 24.3. The normalized spacial score (nSPS) is 11.9. The number of hydrogen-bond donors (Lipinski definition) is 3. The van der Waals surface area contributed by atoms with Crippen molar-refractivity contribution < 1.29 is 104 Å². The molecule has 0 aliphatic carbocycles. The van der Waals surface area contributed by atoms with Crippen LogP contribution < -0.4 is 14.2 Å². The number of aromatic nitrogens is 3. The fraction of sp³-hybridized carbons (Fsp3) is 0.328. The monoisotopic (exact) mass is 2290 g/mol. The third kappa shape index (κ3) is 33.0. The van der Waals surface area contributed by atoms with Crippen LogP contribution in [0.1, 0.15) is 212 Å². The van der Waals surface area contributed by atoms with Crippen LogP contribution in [0.15, 0.2) is 285 Å². The molecule has 131 heavy (non-hydrogen) atoms. The summed E-state index contributed by atoms with van der Waals surface area (Å²) in [5.41, 5.74) is 12.9. The van der Waals surface area contributed by atoms with Gasteiger partial charge in [0, 0.05) is 181 Å². The predicted octanol–water partition coefficient (Wildman–Crippen LogP) is 32.3. The van der Waals surface area contributed by atoms with E-state index in [9.17, 15) is 29.7 Å². The fourth-order valence-electron chi connectivity index (χ4n) is 12.5. The molecule has 3 aromatic heterocycles. The molecule has 3 radical (unpaired) electrons. The first kappa shape index (κ1) is 111. The molecule has 3 N–H and O–H groups in total. The molecular weight excluding hydrogens is 2160 g/mol. The van der Waals surface area contributed by atoms with Gasteiger partial charge < -0.3 is 29.5 Å². The summed E-state index contributed by atoms with van der Waals surface area (Å²) in [7, 11) is 0. The summed E-state index contributed by atoms with van der Waals surface area (Å²) in [5, 5.41) is 36.1. The molecule has 0 bridgehead atoms. The Hall–Kier alpha value is -10.6. The molecule has 0 aliphatic heterocycles. The Morgan fingerprint density at radius 2 is 0.550 bits per heavy atom. The van der Waals surface area contributed by atoms with Crippen molar-refractivity contribution in [2.24, 2.45) is 32.5 Å². The van der Waals surface area contributed by atoms with Crippen molar-refractivity contribution in [3.63, 3.8) is 0 Å². The molecule has 13 aromatic rings. The second-order valence-corrected chi connectivity index (χ2v) is 37.9. The van der Waals surface area contributed by atoms with Crippen LogP contribution in [0.2, 0.25) is 0 Å². The number of allylic oxidation sites excluding steroid dienone is 6. The standard InChI is InChI=1S/C28H20NO.C26H24NO.C23H18NO.3C13H24O2.3Ir/c1-20-14-25(22-10-6-3-7-11-22)17-27(15-20)30-28-18-26-16-23(12-13-24(26)19-29-28)21-8-4-2-5-9-21;1-18-12-23(26(2,3)4)16-24(13-18)28-25-15-22-14-20(10-11-21(22)17-27-25)19-8-6-5-7-9-19;1-16-10-17(2)12-22(11-16)25-23-14-21-13-19(8-9-20(21)15-24-23)18-6-4-3-5-7-18;3*1-7-12(3,4)10(14)9-11(15)13(5,6)8-2;;;/h2-14,16-19H,1H3;5-12,14-17H,1-4H3;3-11,13-15H,1-2H3;3*9,14H,7-8H2,1-6H3;;;/q3*-1;;;;;;. The molecule has 0 unspecified atom stereocenters. The molecule has 0 saturated carbocycles. The van der Waals surface area contributed by atoms with Crippen molar-refractivity contribution in [2.45, 2.75) is 217 Å². The second-order valence-electron chi connectivity index (χ2n) is 37.9. The van der Waals surface area contributed by atoms with Gasteiger partial charge in [0.2, 0.25) is 17.6 Å². The Morgan fingerprint density at radius 1 is 0.290 bits per heavy atom. The molecule has 0 spiro atoms. The zero-order valence-corrected chi connectivity index (χ0v) is 88.5. The van der Waals surface area contributed by atoms with Gasteiger partial charge in [0.05, 0.1) is 0 Å². The number of benzene rings is 10. The maximum Gasteiger partial charge on any atom is 0.217 e. The Balaban J connectivity index is 0.000000284. The third-order valence-corrected chi connectivity index (χ3v) is 24.3. The van der Waals surface area contributed by atoms with Gasteiger partial charge in [-0.05, 0) is 117 Å². The molecule has 0 atom stereocenters. The number of fused-ring (bicyclic) bond motifs is 3. The van der Waals surface area contributed by atoms with Crippen LogP contribution in [0.4, 0.5) is 0 Å². The van der Waals surface area contributed by atoms with Gasteiger partial charge in [-0.2, -0.15) is 40.5 Å². The van der Waals surface area contributed by atoms with Gasteiger partial charge >= 0.3 is 0 Å². The second kappa shape index (κ2) is 49.8. The van der Waals surface area contributed by atoms with E-state index in [0.29, 0.717) is 34.9 Å². The van der Waals surface area contributed by atoms with E-state index in [0.717, 1.165) is 104 Å². The van der Waals surface area contributed by atoms with Gasteiger partial charge in [0.15, 0.2) is 17.3 Å². The van der Waals surface area contributed by atoms with Crippen LogP contribution in [-0.4, -0.2) is 47.6 Å². The van der Waals surface area contributed by atoms with Gasteiger partial charge in [0.1, 0.15) is 17.3 Å². The number of rotatable bonds is 25. The van der Waals surface area contributed by atoms with E-state index >= 15 is 0 Å². The van der Waals surface area contributed by atoms with E-state index in [1.54, 1.807) is 0 Å². The molecule has 15 heteroatoms. The minimum atomic E-state index is -0.377. The molecule has 10 aromatic carbocycles. The first-order chi connectivity index (χ1) is 60.3. The molecule has 0 amide bonds. The minimum Gasteiger partial charge on any atom is -0.512 e.